The number of nitriles is 1. The Morgan fingerprint density at radius 1 is 1.11 bits per heavy atom. The summed E-state index contributed by atoms with van der Waals surface area (Å²) in [6, 6.07) is 15.5. The van der Waals surface area contributed by atoms with Crippen LogP contribution in [0.3, 0.4) is 0 Å². The van der Waals surface area contributed by atoms with Crippen LogP contribution in [-0.2, 0) is 0 Å². The Morgan fingerprint density at radius 2 is 1.89 bits per heavy atom. The van der Waals surface area contributed by atoms with Crippen LogP contribution in [0, 0.1) is 25.2 Å². The van der Waals surface area contributed by atoms with Gasteiger partial charge in [0.15, 0.2) is 5.16 Å². The molecule has 0 bridgehead atoms. The van der Waals surface area contributed by atoms with Crippen LogP contribution in [0.1, 0.15) is 18.1 Å². The minimum atomic E-state index is -0.280. The first-order chi connectivity index (χ1) is 13.0. The molecule has 2 aromatic heterocycles. The second-order valence-corrected chi connectivity index (χ2v) is 7.69. The Morgan fingerprint density at radius 3 is 2.67 bits per heavy atom. The zero-order chi connectivity index (χ0) is 19.1. The summed E-state index contributed by atoms with van der Waals surface area (Å²) < 4.78 is 3.47. The summed E-state index contributed by atoms with van der Waals surface area (Å²) in [6.45, 7) is 5.82. The molecule has 2 aromatic carbocycles. The van der Waals surface area contributed by atoms with Crippen LogP contribution in [-0.4, -0.2) is 24.4 Å². The van der Waals surface area contributed by atoms with Crippen LogP contribution >= 0.6 is 11.8 Å². The van der Waals surface area contributed by atoms with E-state index in [9.17, 15) is 10.1 Å². The minimum absolute atomic E-state index is 0.135. The van der Waals surface area contributed by atoms with Gasteiger partial charge >= 0.3 is 0 Å². The molecule has 6 nitrogen and oxygen atoms in total. The van der Waals surface area contributed by atoms with E-state index in [1.165, 1.54) is 11.8 Å². The van der Waals surface area contributed by atoms with E-state index in [2.05, 4.69) is 16.3 Å². The molecule has 1 unspecified atom stereocenters. The Balaban J connectivity index is 2.16. The second kappa shape index (κ2) is 6.56. The number of aromatic nitrogens is 4. The summed E-state index contributed by atoms with van der Waals surface area (Å²) in [5, 5.41) is 18.7. The summed E-state index contributed by atoms with van der Waals surface area (Å²) in [6.07, 6.45) is 0. The third-order valence-corrected chi connectivity index (χ3v) is 5.61. The largest absolute Gasteiger partial charge is 0.268 e. The quantitative estimate of drug-likeness (QED) is 0.511. The third-order valence-electron chi connectivity index (χ3n) is 4.68. The maximum absolute atomic E-state index is 13.3. The first-order valence-electron chi connectivity index (χ1n) is 8.54. The van der Waals surface area contributed by atoms with Crippen molar-refractivity contribution >= 4 is 28.4 Å². The van der Waals surface area contributed by atoms with E-state index in [0.29, 0.717) is 16.3 Å². The van der Waals surface area contributed by atoms with Crippen molar-refractivity contribution in [3.05, 3.63) is 63.9 Å². The highest BCUT2D eigenvalue weighted by atomic mass is 32.2. The number of hydrogen-bond donors (Lipinski definition) is 0. The average Bonchev–Trinajstić information content (AvgIpc) is 3.08. The lowest BCUT2D eigenvalue weighted by molar-refractivity contribution is 0.925. The molecule has 0 amide bonds. The van der Waals surface area contributed by atoms with Crippen molar-refractivity contribution in [1.82, 2.24) is 19.2 Å². The number of para-hydroxylation sites is 1. The van der Waals surface area contributed by atoms with Crippen LogP contribution in [0.4, 0.5) is 0 Å². The number of nitrogens with zero attached hydrogens (tertiary/aromatic N) is 5. The van der Waals surface area contributed by atoms with E-state index in [1.807, 2.05) is 61.6 Å². The topological polar surface area (TPSA) is 76.0 Å². The lowest BCUT2D eigenvalue weighted by Crippen LogP contribution is -2.22. The molecule has 27 heavy (non-hydrogen) atoms. The fourth-order valence-corrected chi connectivity index (χ4v) is 3.88. The minimum Gasteiger partial charge on any atom is -0.268 e. The first-order valence-corrected chi connectivity index (χ1v) is 9.42. The molecule has 0 aliphatic carbocycles. The van der Waals surface area contributed by atoms with Gasteiger partial charge in [0.1, 0.15) is 0 Å². The van der Waals surface area contributed by atoms with E-state index in [1.54, 1.807) is 10.6 Å². The number of thioether (sulfide) groups is 1. The van der Waals surface area contributed by atoms with Gasteiger partial charge < -0.3 is 0 Å². The lowest BCUT2D eigenvalue weighted by atomic mass is 10.1. The van der Waals surface area contributed by atoms with Crippen LogP contribution in [0.5, 0.6) is 0 Å². The van der Waals surface area contributed by atoms with Gasteiger partial charge in [-0.05, 0) is 50.1 Å². The highest BCUT2D eigenvalue weighted by molar-refractivity contribution is 8.00. The Labute approximate surface area is 160 Å². The fraction of sp³-hybridized carbons (Fsp3) is 0.200. The van der Waals surface area contributed by atoms with Gasteiger partial charge in [0.25, 0.3) is 5.56 Å². The summed E-state index contributed by atoms with van der Waals surface area (Å²) in [5.41, 5.74) is 3.49. The van der Waals surface area contributed by atoms with Gasteiger partial charge in [0.05, 0.1) is 27.9 Å². The highest BCUT2D eigenvalue weighted by Gasteiger charge is 2.20. The molecule has 7 heteroatoms. The molecular formula is C20H17N5OS. The van der Waals surface area contributed by atoms with Gasteiger partial charge in [-0.3, -0.25) is 9.20 Å². The lowest BCUT2D eigenvalue weighted by Gasteiger charge is -2.14. The molecule has 1 atom stereocenters. The molecule has 0 saturated heterocycles. The van der Waals surface area contributed by atoms with E-state index in [-0.39, 0.29) is 10.8 Å². The van der Waals surface area contributed by atoms with Crippen molar-refractivity contribution in [1.29, 1.82) is 5.26 Å². The standard InChI is InChI=1S/C20H17N5OS/c1-12-7-6-10-16(14(12)3)24-18(26)15-8-4-5-9-17(15)25-19(24)22-23-20(25)27-13(2)11-21/h4-10,13H,1-3H3. The van der Waals surface area contributed by atoms with Crippen molar-refractivity contribution in [3.63, 3.8) is 0 Å². The van der Waals surface area contributed by atoms with Crippen LogP contribution < -0.4 is 5.56 Å². The molecule has 0 saturated carbocycles. The van der Waals surface area contributed by atoms with Crippen LogP contribution in [0.15, 0.2) is 52.4 Å². The predicted molar refractivity (Wildman–Crippen MR) is 106 cm³/mol. The van der Waals surface area contributed by atoms with Crippen molar-refractivity contribution in [2.24, 2.45) is 0 Å². The number of hydrogen-bond acceptors (Lipinski definition) is 5. The second-order valence-electron chi connectivity index (χ2n) is 6.38. The van der Waals surface area contributed by atoms with Gasteiger partial charge in [-0.15, -0.1) is 10.2 Å². The van der Waals surface area contributed by atoms with Gasteiger partial charge in [-0.2, -0.15) is 5.26 Å². The van der Waals surface area contributed by atoms with Crippen molar-refractivity contribution in [3.8, 4) is 11.8 Å². The van der Waals surface area contributed by atoms with Gasteiger partial charge in [-0.1, -0.05) is 36.0 Å². The summed E-state index contributed by atoms with van der Waals surface area (Å²) in [7, 11) is 0. The average molecular weight is 375 g/mol. The summed E-state index contributed by atoms with van der Waals surface area (Å²) in [4.78, 5) is 13.3. The van der Waals surface area contributed by atoms with E-state index < -0.39 is 0 Å². The zero-order valence-electron chi connectivity index (χ0n) is 15.2. The molecular weight excluding hydrogens is 358 g/mol. The molecule has 4 aromatic rings. The summed E-state index contributed by atoms with van der Waals surface area (Å²) in [5.74, 6) is 0.444. The SMILES string of the molecule is Cc1cccc(-n2c(=O)c3ccccc3n3c(SC(C)C#N)nnc23)c1C. The van der Waals surface area contributed by atoms with Crippen LogP contribution in [0.2, 0.25) is 0 Å². The normalized spacial score (nSPS) is 12.4. The van der Waals surface area contributed by atoms with Crippen molar-refractivity contribution < 1.29 is 0 Å². The van der Waals surface area contributed by atoms with E-state index in [0.717, 1.165) is 22.3 Å². The monoisotopic (exact) mass is 375 g/mol. The van der Waals surface area contributed by atoms with Gasteiger partial charge in [0, 0.05) is 0 Å². The van der Waals surface area contributed by atoms with E-state index in [4.69, 9.17) is 0 Å². The third kappa shape index (κ3) is 2.69. The smallest absolute Gasteiger partial charge is 0.267 e. The molecule has 0 spiro atoms. The maximum atomic E-state index is 13.3. The zero-order valence-corrected chi connectivity index (χ0v) is 16.0. The Kier molecular flexibility index (Phi) is 4.21. The molecule has 134 valence electrons. The predicted octanol–water partition coefficient (Wildman–Crippen LogP) is 3.65. The van der Waals surface area contributed by atoms with E-state index >= 15 is 0 Å². The van der Waals surface area contributed by atoms with Crippen molar-refractivity contribution in [2.75, 3.05) is 0 Å². The Bertz CT molecular complexity index is 1280. The molecule has 0 N–H and O–H groups in total. The van der Waals surface area contributed by atoms with Gasteiger partial charge in [0.2, 0.25) is 5.78 Å². The van der Waals surface area contributed by atoms with Crippen molar-refractivity contribution in [2.45, 2.75) is 31.2 Å². The Hall–Kier alpha value is -3.11. The number of benzene rings is 2. The summed E-state index contributed by atoms with van der Waals surface area (Å²) >= 11 is 1.32. The fourth-order valence-electron chi connectivity index (χ4n) is 3.13. The molecule has 4 rings (SSSR count). The number of rotatable bonds is 3. The van der Waals surface area contributed by atoms with Crippen LogP contribution in [0.25, 0.3) is 22.4 Å². The molecule has 0 fully saturated rings. The molecule has 2 heterocycles. The molecule has 0 aliphatic rings. The maximum Gasteiger partial charge on any atom is 0.267 e. The molecule has 0 radical (unpaired) electrons. The number of aryl methyl sites for hydroxylation is 1. The highest BCUT2D eigenvalue weighted by Crippen LogP contribution is 2.26. The van der Waals surface area contributed by atoms with Gasteiger partial charge in [-0.25, -0.2) is 4.57 Å². The first kappa shape index (κ1) is 17.3. The number of fused-ring (bicyclic) bond motifs is 3. The molecule has 0 aliphatic heterocycles.